The molecule has 0 amide bonds. The maximum atomic E-state index is 3.23. The lowest BCUT2D eigenvalue weighted by Gasteiger charge is -1.89. The average Bonchev–Trinajstić information content (AvgIpc) is 2.18. The summed E-state index contributed by atoms with van der Waals surface area (Å²) in [5.74, 6) is 0. The molecule has 0 aromatic carbocycles. The molecule has 0 heteroatoms. The zero-order valence-electron chi connectivity index (χ0n) is 8.08. The van der Waals surface area contributed by atoms with Gasteiger partial charge in [0.2, 0.25) is 0 Å². The van der Waals surface area contributed by atoms with Crippen LogP contribution < -0.4 is 0 Å². The smallest absolute Gasteiger partial charge is 0.0241 e. The largest absolute Gasteiger partial charge is 0.0885 e. The molecule has 0 nitrogen and oxygen atoms in total. The minimum absolute atomic E-state index is 1.03. The summed E-state index contributed by atoms with van der Waals surface area (Å²) in [6.07, 6.45) is 24.0. The van der Waals surface area contributed by atoms with Crippen LogP contribution in [0.5, 0.6) is 0 Å². The summed E-state index contributed by atoms with van der Waals surface area (Å²) in [7, 11) is 0. The van der Waals surface area contributed by atoms with E-state index in [1.165, 1.54) is 19.3 Å². The molecule has 1 radical (unpaired) electrons. The normalized spacial score (nSPS) is 19.1. The molecule has 0 aromatic heterocycles. The van der Waals surface area contributed by atoms with Gasteiger partial charge in [-0.25, -0.2) is 0 Å². The van der Waals surface area contributed by atoms with Gasteiger partial charge in [0.15, 0.2) is 0 Å². The van der Waals surface area contributed by atoms with Crippen molar-refractivity contribution in [2.45, 2.75) is 32.1 Å². The van der Waals surface area contributed by atoms with E-state index >= 15 is 0 Å². The van der Waals surface area contributed by atoms with Crippen LogP contribution in [0.1, 0.15) is 32.1 Å². The van der Waals surface area contributed by atoms with E-state index in [9.17, 15) is 0 Å². The van der Waals surface area contributed by atoms with Crippen molar-refractivity contribution >= 4 is 0 Å². The van der Waals surface area contributed by atoms with Crippen LogP contribution >= 0.6 is 0 Å². The van der Waals surface area contributed by atoms with Crippen molar-refractivity contribution in [3.63, 3.8) is 0 Å². The highest BCUT2D eigenvalue weighted by atomic mass is 13.9. The topological polar surface area (TPSA) is 0 Å². The Hall–Kier alpha value is -1.04. The van der Waals surface area contributed by atoms with E-state index in [1.54, 1.807) is 0 Å². The quantitative estimate of drug-likeness (QED) is 0.486. The summed E-state index contributed by atoms with van der Waals surface area (Å²) in [6, 6.07) is 0. The monoisotopic (exact) mass is 173 g/mol. The Balaban J connectivity index is 2.38. The Morgan fingerprint density at radius 1 is 0.769 bits per heavy atom. The molecule has 0 fully saturated rings. The summed E-state index contributed by atoms with van der Waals surface area (Å²) in [5.41, 5.74) is 0. The fourth-order valence-corrected chi connectivity index (χ4v) is 1.20. The van der Waals surface area contributed by atoms with Crippen molar-refractivity contribution in [3.05, 3.63) is 48.6 Å². The Kier molecular flexibility index (Phi) is 5.87. The van der Waals surface area contributed by atoms with Gasteiger partial charge in [-0.05, 0) is 38.2 Å². The van der Waals surface area contributed by atoms with Gasteiger partial charge in [0, 0.05) is 0 Å². The molecule has 13 heavy (non-hydrogen) atoms. The van der Waals surface area contributed by atoms with Gasteiger partial charge < -0.3 is 0 Å². The third-order valence-electron chi connectivity index (χ3n) is 1.94. The number of rotatable bonds is 0. The van der Waals surface area contributed by atoms with Gasteiger partial charge in [-0.3, -0.25) is 0 Å². The molecule has 0 heterocycles. The Morgan fingerprint density at radius 2 is 1.62 bits per heavy atom. The highest BCUT2D eigenvalue weighted by molar-refractivity contribution is 5.09. The zero-order valence-corrected chi connectivity index (χ0v) is 8.08. The molecule has 0 aromatic rings. The molecule has 0 unspecified atom stereocenters. The van der Waals surface area contributed by atoms with Gasteiger partial charge in [0.05, 0.1) is 0 Å². The summed E-state index contributed by atoms with van der Waals surface area (Å²) in [4.78, 5) is 0. The van der Waals surface area contributed by atoms with E-state index in [2.05, 4.69) is 36.5 Å². The van der Waals surface area contributed by atoms with Crippen LogP contribution in [0.15, 0.2) is 42.5 Å². The van der Waals surface area contributed by atoms with Crippen LogP contribution in [-0.4, -0.2) is 0 Å². The lowest BCUT2D eigenvalue weighted by atomic mass is 10.2. The van der Waals surface area contributed by atoms with Gasteiger partial charge in [-0.2, -0.15) is 0 Å². The molecule has 1 rings (SSSR count). The Morgan fingerprint density at radius 3 is 2.62 bits per heavy atom. The van der Waals surface area contributed by atoms with Crippen molar-refractivity contribution < 1.29 is 0 Å². The SMILES string of the molecule is [C]1=CC=CC=CCCCC=CCC1. The average molecular weight is 173 g/mol. The fourth-order valence-electron chi connectivity index (χ4n) is 1.20. The highest BCUT2D eigenvalue weighted by Crippen LogP contribution is 2.01. The van der Waals surface area contributed by atoms with Crippen LogP contribution in [0.4, 0.5) is 0 Å². The first kappa shape index (κ1) is 10.0. The van der Waals surface area contributed by atoms with E-state index in [1.807, 2.05) is 12.2 Å². The second-order valence-electron chi connectivity index (χ2n) is 3.12. The summed E-state index contributed by atoms with van der Waals surface area (Å²) < 4.78 is 0. The summed E-state index contributed by atoms with van der Waals surface area (Å²) in [6.45, 7) is 0. The molecule has 0 saturated heterocycles. The molecular formula is C13H17. The van der Waals surface area contributed by atoms with Gasteiger partial charge >= 0.3 is 0 Å². The molecule has 1 aliphatic rings. The Bertz CT molecular complexity index is 216. The molecule has 0 saturated carbocycles. The van der Waals surface area contributed by atoms with Gasteiger partial charge in [0.1, 0.15) is 0 Å². The van der Waals surface area contributed by atoms with E-state index in [4.69, 9.17) is 0 Å². The molecule has 69 valence electrons. The predicted molar refractivity (Wildman–Crippen MR) is 58.3 cm³/mol. The highest BCUT2D eigenvalue weighted by Gasteiger charge is 1.81. The molecule has 0 aliphatic heterocycles. The minimum atomic E-state index is 1.03. The predicted octanol–water partition coefficient (Wildman–Crippen LogP) is 3.98. The first-order valence-electron chi connectivity index (χ1n) is 5.03. The van der Waals surface area contributed by atoms with Gasteiger partial charge in [0.25, 0.3) is 0 Å². The van der Waals surface area contributed by atoms with E-state index < -0.39 is 0 Å². The van der Waals surface area contributed by atoms with E-state index in [0.29, 0.717) is 0 Å². The lowest BCUT2D eigenvalue weighted by molar-refractivity contribution is 0.862. The lowest BCUT2D eigenvalue weighted by Crippen LogP contribution is -1.69. The van der Waals surface area contributed by atoms with Crippen molar-refractivity contribution in [2.75, 3.05) is 0 Å². The number of allylic oxidation sites excluding steroid dienone is 8. The van der Waals surface area contributed by atoms with E-state index in [-0.39, 0.29) is 0 Å². The maximum Gasteiger partial charge on any atom is -0.0241 e. The maximum absolute atomic E-state index is 3.23. The third kappa shape index (κ3) is 6.15. The van der Waals surface area contributed by atoms with Gasteiger partial charge in [-0.15, -0.1) is 0 Å². The minimum Gasteiger partial charge on any atom is -0.0885 e. The third-order valence-corrected chi connectivity index (χ3v) is 1.94. The van der Waals surface area contributed by atoms with Crippen molar-refractivity contribution in [2.24, 2.45) is 0 Å². The molecule has 0 N–H and O–H groups in total. The number of hydrogen-bond acceptors (Lipinski definition) is 0. The molecular weight excluding hydrogens is 156 g/mol. The fraction of sp³-hybridized carbons (Fsp3) is 0.385. The van der Waals surface area contributed by atoms with Crippen LogP contribution in [0.2, 0.25) is 0 Å². The first-order valence-corrected chi connectivity index (χ1v) is 5.03. The van der Waals surface area contributed by atoms with Crippen molar-refractivity contribution in [1.82, 2.24) is 0 Å². The molecule has 1 aliphatic carbocycles. The van der Waals surface area contributed by atoms with E-state index in [0.717, 1.165) is 12.8 Å². The zero-order chi connectivity index (χ0) is 9.19. The van der Waals surface area contributed by atoms with Crippen LogP contribution in [0.25, 0.3) is 0 Å². The first-order chi connectivity index (χ1) is 6.50. The van der Waals surface area contributed by atoms with Crippen molar-refractivity contribution in [3.8, 4) is 0 Å². The number of hydrogen-bond donors (Lipinski definition) is 0. The summed E-state index contributed by atoms with van der Waals surface area (Å²) >= 11 is 0. The van der Waals surface area contributed by atoms with Crippen LogP contribution in [0.3, 0.4) is 0 Å². The van der Waals surface area contributed by atoms with Crippen molar-refractivity contribution in [1.29, 1.82) is 0 Å². The second-order valence-corrected chi connectivity index (χ2v) is 3.12. The second kappa shape index (κ2) is 7.60. The van der Waals surface area contributed by atoms with Gasteiger partial charge in [-0.1, -0.05) is 42.5 Å². The van der Waals surface area contributed by atoms with Crippen LogP contribution in [0, 0.1) is 6.08 Å². The van der Waals surface area contributed by atoms with Crippen LogP contribution in [-0.2, 0) is 0 Å². The molecule has 0 atom stereocenters. The Labute approximate surface area is 81.4 Å². The summed E-state index contributed by atoms with van der Waals surface area (Å²) in [5, 5.41) is 0. The molecule has 0 bridgehead atoms. The molecule has 0 spiro atoms. The standard InChI is InChI=1S/C13H17/c1-2-4-6-8-10-12-13-11-9-7-5-3-1/h1-5,12-13H,6,8-11H2.